The quantitative estimate of drug-likeness (QED) is 0.741. The van der Waals surface area contributed by atoms with Gasteiger partial charge in [0.15, 0.2) is 0 Å². The average Bonchev–Trinajstić information content (AvgIpc) is 2.68. The van der Waals surface area contributed by atoms with Crippen molar-refractivity contribution in [3.8, 4) is 0 Å². The van der Waals surface area contributed by atoms with Gasteiger partial charge in [0.1, 0.15) is 0 Å². The van der Waals surface area contributed by atoms with Crippen LogP contribution in [0.1, 0.15) is 24.8 Å². The summed E-state index contributed by atoms with van der Waals surface area (Å²) in [5.41, 5.74) is 1.44. The minimum atomic E-state index is 1.16. The molecular weight excluding hydrogens is 198 g/mol. The highest BCUT2D eigenvalue weighted by Gasteiger charge is 2.07. The molecule has 0 unspecified atom stereocenters. The summed E-state index contributed by atoms with van der Waals surface area (Å²) in [6.07, 6.45) is 9.27. The van der Waals surface area contributed by atoms with Gasteiger partial charge in [0.2, 0.25) is 0 Å². The van der Waals surface area contributed by atoms with Crippen molar-refractivity contribution in [3.05, 3.63) is 24.0 Å². The van der Waals surface area contributed by atoms with E-state index in [1.807, 2.05) is 6.20 Å². The molecule has 90 valence electrons. The van der Waals surface area contributed by atoms with Crippen molar-refractivity contribution in [1.82, 2.24) is 15.2 Å². The number of aromatic nitrogens is 1. The molecule has 0 atom stereocenters. The van der Waals surface area contributed by atoms with Crippen LogP contribution in [0.3, 0.4) is 0 Å². The Balaban J connectivity index is 1.56. The number of aromatic amines is 1. The van der Waals surface area contributed by atoms with E-state index >= 15 is 0 Å². The maximum absolute atomic E-state index is 3.44. The van der Waals surface area contributed by atoms with Gasteiger partial charge < -0.3 is 15.2 Å². The van der Waals surface area contributed by atoms with E-state index < -0.39 is 0 Å². The maximum atomic E-state index is 3.44. The smallest absolute Gasteiger partial charge is 0.0107 e. The lowest BCUT2D eigenvalue weighted by Crippen LogP contribution is -2.29. The van der Waals surface area contributed by atoms with E-state index in [4.69, 9.17) is 0 Å². The number of aryl methyl sites for hydroxylation is 1. The highest BCUT2D eigenvalue weighted by molar-refractivity contribution is 5.07. The first-order chi connectivity index (χ1) is 7.95. The van der Waals surface area contributed by atoms with E-state index in [-0.39, 0.29) is 0 Å². The van der Waals surface area contributed by atoms with E-state index in [2.05, 4.69) is 27.5 Å². The van der Waals surface area contributed by atoms with E-state index in [0.29, 0.717) is 0 Å². The molecule has 0 spiro atoms. The van der Waals surface area contributed by atoms with Gasteiger partial charge in [-0.05, 0) is 56.9 Å². The lowest BCUT2D eigenvalue weighted by molar-refractivity contribution is 0.286. The van der Waals surface area contributed by atoms with E-state index in [9.17, 15) is 0 Å². The molecule has 16 heavy (non-hydrogen) atoms. The molecule has 0 saturated carbocycles. The van der Waals surface area contributed by atoms with Crippen LogP contribution in [0.2, 0.25) is 0 Å². The molecule has 2 heterocycles. The zero-order valence-corrected chi connectivity index (χ0v) is 10.0. The summed E-state index contributed by atoms with van der Waals surface area (Å²) in [6, 6.07) is 2.18. The molecule has 1 fully saturated rings. The van der Waals surface area contributed by atoms with Gasteiger partial charge in [0.05, 0.1) is 0 Å². The van der Waals surface area contributed by atoms with Crippen molar-refractivity contribution in [3.63, 3.8) is 0 Å². The lowest BCUT2D eigenvalue weighted by Gasteiger charge is -2.18. The molecule has 1 aromatic rings. The van der Waals surface area contributed by atoms with Crippen LogP contribution < -0.4 is 5.32 Å². The molecular formula is C13H23N3. The van der Waals surface area contributed by atoms with Crippen LogP contribution in [-0.2, 0) is 6.42 Å². The summed E-state index contributed by atoms with van der Waals surface area (Å²) in [5.74, 6) is 0. The molecule has 3 nitrogen and oxygen atoms in total. The Morgan fingerprint density at radius 2 is 2.19 bits per heavy atom. The molecule has 2 N–H and O–H groups in total. The first-order valence-electron chi connectivity index (χ1n) is 6.50. The van der Waals surface area contributed by atoms with Crippen LogP contribution in [0.4, 0.5) is 0 Å². The Kier molecular flexibility index (Phi) is 4.90. The second-order valence-electron chi connectivity index (χ2n) is 4.62. The number of H-pyrrole nitrogens is 1. The Labute approximate surface area is 98.2 Å². The molecule has 1 saturated heterocycles. The topological polar surface area (TPSA) is 31.1 Å². The third-order valence-corrected chi connectivity index (χ3v) is 3.28. The van der Waals surface area contributed by atoms with Gasteiger partial charge >= 0.3 is 0 Å². The lowest BCUT2D eigenvalue weighted by atomic mass is 10.1. The molecule has 3 heteroatoms. The zero-order chi connectivity index (χ0) is 11.1. The van der Waals surface area contributed by atoms with Crippen LogP contribution in [-0.4, -0.2) is 42.6 Å². The number of rotatable bonds is 5. The van der Waals surface area contributed by atoms with Crippen molar-refractivity contribution < 1.29 is 0 Å². The van der Waals surface area contributed by atoms with E-state index in [0.717, 1.165) is 6.54 Å². The van der Waals surface area contributed by atoms with Crippen LogP contribution in [0, 0.1) is 0 Å². The van der Waals surface area contributed by atoms with Gasteiger partial charge in [-0.15, -0.1) is 0 Å². The van der Waals surface area contributed by atoms with Crippen molar-refractivity contribution in [1.29, 1.82) is 0 Å². The van der Waals surface area contributed by atoms with Crippen molar-refractivity contribution in [2.24, 2.45) is 0 Å². The Bertz CT molecular complexity index is 261. The second-order valence-corrected chi connectivity index (χ2v) is 4.62. The fourth-order valence-corrected chi connectivity index (χ4v) is 2.30. The molecule has 0 aliphatic carbocycles. The summed E-state index contributed by atoms with van der Waals surface area (Å²) in [7, 11) is 0. The maximum Gasteiger partial charge on any atom is 0.0107 e. The SMILES string of the molecule is c1cc(CCCCN2CCCNCC2)c[nH]1. The van der Waals surface area contributed by atoms with Gasteiger partial charge in [0, 0.05) is 25.5 Å². The number of nitrogens with one attached hydrogen (secondary N) is 2. The predicted octanol–water partition coefficient (Wildman–Crippen LogP) is 1.63. The van der Waals surface area contributed by atoms with Crippen molar-refractivity contribution >= 4 is 0 Å². The molecule has 0 radical (unpaired) electrons. The largest absolute Gasteiger partial charge is 0.367 e. The van der Waals surface area contributed by atoms with Crippen LogP contribution in [0.15, 0.2) is 18.5 Å². The average molecular weight is 221 g/mol. The summed E-state index contributed by atoms with van der Waals surface area (Å²) in [4.78, 5) is 5.70. The number of nitrogens with zero attached hydrogens (tertiary/aromatic N) is 1. The summed E-state index contributed by atoms with van der Waals surface area (Å²) in [6.45, 7) is 6.13. The highest BCUT2D eigenvalue weighted by Crippen LogP contribution is 2.05. The fourth-order valence-electron chi connectivity index (χ4n) is 2.30. The van der Waals surface area contributed by atoms with Gasteiger partial charge in [0.25, 0.3) is 0 Å². The van der Waals surface area contributed by atoms with E-state index in [1.165, 1.54) is 57.4 Å². The zero-order valence-electron chi connectivity index (χ0n) is 10.0. The molecule has 2 rings (SSSR count). The molecule has 1 aliphatic heterocycles. The highest BCUT2D eigenvalue weighted by atomic mass is 15.1. The number of hydrogen-bond acceptors (Lipinski definition) is 2. The van der Waals surface area contributed by atoms with Crippen LogP contribution >= 0.6 is 0 Å². The molecule has 1 aliphatic rings. The number of hydrogen-bond donors (Lipinski definition) is 2. The Morgan fingerprint density at radius 1 is 1.19 bits per heavy atom. The van der Waals surface area contributed by atoms with Gasteiger partial charge in [-0.3, -0.25) is 0 Å². The second kappa shape index (κ2) is 6.71. The predicted molar refractivity (Wildman–Crippen MR) is 67.7 cm³/mol. The molecule has 0 aromatic carbocycles. The first-order valence-corrected chi connectivity index (χ1v) is 6.50. The standard InChI is InChI=1S/C13H23N3/c1(4-13-5-7-15-12-13)2-9-16-10-3-6-14-8-11-16/h5,7,12,14-15H,1-4,6,8-11H2. The monoisotopic (exact) mass is 221 g/mol. The van der Waals surface area contributed by atoms with E-state index in [1.54, 1.807) is 0 Å². The summed E-state index contributed by atoms with van der Waals surface area (Å²) in [5, 5.41) is 3.44. The molecule has 0 amide bonds. The van der Waals surface area contributed by atoms with Crippen LogP contribution in [0.5, 0.6) is 0 Å². The minimum Gasteiger partial charge on any atom is -0.367 e. The Hall–Kier alpha value is -0.800. The van der Waals surface area contributed by atoms with Crippen molar-refractivity contribution in [2.75, 3.05) is 32.7 Å². The van der Waals surface area contributed by atoms with Gasteiger partial charge in [-0.1, -0.05) is 0 Å². The fraction of sp³-hybridized carbons (Fsp3) is 0.692. The molecule has 1 aromatic heterocycles. The normalized spacial score (nSPS) is 18.5. The summed E-state index contributed by atoms with van der Waals surface area (Å²) < 4.78 is 0. The number of unbranched alkanes of at least 4 members (excludes halogenated alkanes) is 1. The third-order valence-electron chi connectivity index (χ3n) is 3.28. The first kappa shape index (κ1) is 11.7. The minimum absolute atomic E-state index is 1.16. The molecule has 0 bridgehead atoms. The van der Waals surface area contributed by atoms with Crippen LogP contribution in [0.25, 0.3) is 0 Å². The third kappa shape index (κ3) is 3.99. The summed E-state index contributed by atoms with van der Waals surface area (Å²) >= 11 is 0. The Morgan fingerprint density at radius 3 is 3.06 bits per heavy atom. The van der Waals surface area contributed by atoms with Crippen molar-refractivity contribution in [2.45, 2.75) is 25.7 Å². The van der Waals surface area contributed by atoms with Gasteiger partial charge in [-0.2, -0.15) is 0 Å². The van der Waals surface area contributed by atoms with Gasteiger partial charge in [-0.25, -0.2) is 0 Å².